The van der Waals surface area contributed by atoms with Crippen molar-refractivity contribution in [2.24, 2.45) is 0 Å². The molecule has 0 bridgehead atoms. The Morgan fingerprint density at radius 1 is 1.62 bits per heavy atom. The second-order valence-corrected chi connectivity index (χ2v) is 3.54. The molecule has 13 heavy (non-hydrogen) atoms. The van der Waals surface area contributed by atoms with E-state index in [9.17, 15) is 9.90 Å². The van der Waals surface area contributed by atoms with Crippen molar-refractivity contribution in [2.45, 2.75) is 12.2 Å². The molecular weight excluding hydrogens is 188 g/mol. The van der Waals surface area contributed by atoms with Gasteiger partial charge in [-0.2, -0.15) is 11.3 Å². The lowest BCUT2D eigenvalue weighted by molar-refractivity contribution is -0.142. The van der Waals surface area contributed by atoms with E-state index in [2.05, 4.69) is 0 Å². The summed E-state index contributed by atoms with van der Waals surface area (Å²) in [4.78, 5) is 10.7. The average molecular weight is 196 g/mol. The summed E-state index contributed by atoms with van der Waals surface area (Å²) in [6.45, 7) is 0. The van der Waals surface area contributed by atoms with Crippen LogP contribution in [0.5, 0.6) is 0 Å². The summed E-state index contributed by atoms with van der Waals surface area (Å²) < 4.78 is 4.85. The largest absolute Gasteiger partial charge is 0.452 e. The van der Waals surface area contributed by atoms with Gasteiger partial charge in [-0.3, -0.25) is 0 Å². The molecule has 4 heteroatoms. The lowest BCUT2D eigenvalue weighted by Gasteiger charge is -2.14. The molecule has 0 amide bonds. The smallest absolute Gasteiger partial charge is 0.331 e. The molecule has 2 unspecified atom stereocenters. The maximum absolute atomic E-state index is 10.7. The Morgan fingerprint density at radius 2 is 2.46 bits per heavy atom. The summed E-state index contributed by atoms with van der Waals surface area (Å²) >= 11 is 1.50. The highest BCUT2D eigenvalue weighted by Crippen LogP contribution is 2.24. The predicted octanol–water partition coefficient (Wildman–Crippen LogP) is 1.26. The van der Waals surface area contributed by atoms with E-state index in [-0.39, 0.29) is 5.97 Å². The monoisotopic (exact) mass is 196 g/mol. The van der Waals surface area contributed by atoms with Gasteiger partial charge >= 0.3 is 5.97 Å². The van der Waals surface area contributed by atoms with Crippen LogP contribution in [-0.4, -0.2) is 17.2 Å². The third kappa shape index (κ3) is 1.64. The van der Waals surface area contributed by atoms with E-state index >= 15 is 0 Å². The second-order valence-electron chi connectivity index (χ2n) is 2.76. The lowest BCUT2D eigenvalue weighted by atomic mass is 10.1. The molecule has 0 aliphatic carbocycles. The fraction of sp³-hybridized carbons (Fsp3) is 0.222. The highest BCUT2D eigenvalue weighted by atomic mass is 32.1. The molecule has 3 nitrogen and oxygen atoms in total. The number of carbonyl (C=O) groups is 1. The number of carbonyl (C=O) groups excluding carboxylic acids is 1. The molecule has 1 aromatic rings. The molecule has 0 aromatic carbocycles. The van der Waals surface area contributed by atoms with E-state index in [1.54, 1.807) is 6.08 Å². The summed E-state index contributed by atoms with van der Waals surface area (Å²) in [5, 5.41) is 13.4. The Morgan fingerprint density at radius 3 is 3.00 bits per heavy atom. The van der Waals surface area contributed by atoms with Crippen LogP contribution in [0.25, 0.3) is 0 Å². The normalized spacial score (nSPS) is 23.2. The molecule has 0 fully saturated rings. The molecule has 2 rings (SSSR count). The van der Waals surface area contributed by atoms with Crippen LogP contribution >= 0.6 is 11.3 Å². The molecule has 0 spiro atoms. The molecule has 2 atom stereocenters. The average Bonchev–Trinajstić information content (AvgIpc) is 2.72. The molecule has 1 aromatic heterocycles. The first kappa shape index (κ1) is 8.47. The maximum Gasteiger partial charge on any atom is 0.331 e. The van der Waals surface area contributed by atoms with E-state index in [0.29, 0.717) is 0 Å². The summed E-state index contributed by atoms with van der Waals surface area (Å²) in [5.74, 6) is -0.390. The number of cyclic esters (lactones) is 1. The number of hydrogen-bond acceptors (Lipinski definition) is 4. The maximum atomic E-state index is 10.7. The standard InChI is InChI=1S/C9H8O3S/c10-8-2-1-7(12-8)9(11)6-3-4-13-5-6/h1-5,7,9,11H. The Labute approximate surface area is 79.3 Å². The molecule has 0 saturated heterocycles. The van der Waals surface area contributed by atoms with E-state index in [4.69, 9.17) is 4.74 Å². The molecule has 1 N–H and O–H groups in total. The van der Waals surface area contributed by atoms with E-state index in [1.165, 1.54) is 17.4 Å². The molecule has 1 aliphatic rings. The van der Waals surface area contributed by atoms with Crippen molar-refractivity contribution in [3.8, 4) is 0 Å². The Bertz CT molecular complexity index is 329. The Balaban J connectivity index is 2.11. The summed E-state index contributed by atoms with van der Waals surface area (Å²) in [7, 11) is 0. The molecule has 0 saturated carbocycles. The first-order valence-corrected chi connectivity index (χ1v) is 4.80. The van der Waals surface area contributed by atoms with Crippen LogP contribution in [0.4, 0.5) is 0 Å². The highest BCUT2D eigenvalue weighted by molar-refractivity contribution is 7.07. The third-order valence-electron chi connectivity index (χ3n) is 1.87. The fourth-order valence-corrected chi connectivity index (χ4v) is 1.88. The SMILES string of the molecule is O=C1C=CC(C(O)c2ccsc2)O1. The zero-order valence-electron chi connectivity index (χ0n) is 6.71. The first-order valence-electron chi connectivity index (χ1n) is 3.86. The van der Waals surface area contributed by atoms with Crippen molar-refractivity contribution in [1.82, 2.24) is 0 Å². The third-order valence-corrected chi connectivity index (χ3v) is 2.57. The zero-order chi connectivity index (χ0) is 9.26. The Kier molecular flexibility index (Phi) is 2.16. The second kappa shape index (κ2) is 3.32. The van der Waals surface area contributed by atoms with Gasteiger partial charge in [0.2, 0.25) is 0 Å². The van der Waals surface area contributed by atoms with Gasteiger partial charge in [0.25, 0.3) is 0 Å². The molecule has 0 radical (unpaired) electrons. The van der Waals surface area contributed by atoms with Crippen LogP contribution in [0.2, 0.25) is 0 Å². The number of aliphatic hydroxyl groups excluding tert-OH is 1. The van der Waals surface area contributed by atoms with E-state index in [0.717, 1.165) is 5.56 Å². The number of aliphatic hydroxyl groups is 1. The van der Waals surface area contributed by atoms with Crippen LogP contribution in [0.3, 0.4) is 0 Å². The molecule has 68 valence electrons. The van der Waals surface area contributed by atoms with Crippen molar-refractivity contribution in [2.75, 3.05) is 0 Å². The summed E-state index contributed by atoms with van der Waals surface area (Å²) in [6.07, 6.45) is 1.64. The molecule has 2 heterocycles. The van der Waals surface area contributed by atoms with Crippen molar-refractivity contribution >= 4 is 17.3 Å². The van der Waals surface area contributed by atoms with E-state index in [1.807, 2.05) is 16.8 Å². The lowest BCUT2D eigenvalue weighted by Crippen LogP contribution is -2.17. The summed E-state index contributed by atoms with van der Waals surface area (Å²) in [5.41, 5.74) is 0.786. The van der Waals surface area contributed by atoms with Crippen LogP contribution in [0.1, 0.15) is 11.7 Å². The molecule has 1 aliphatic heterocycles. The van der Waals surface area contributed by atoms with Crippen LogP contribution < -0.4 is 0 Å². The van der Waals surface area contributed by atoms with Gasteiger partial charge in [0.15, 0.2) is 6.10 Å². The van der Waals surface area contributed by atoms with Crippen LogP contribution in [0, 0.1) is 0 Å². The van der Waals surface area contributed by atoms with Crippen molar-refractivity contribution in [1.29, 1.82) is 0 Å². The number of hydrogen-bond donors (Lipinski definition) is 1. The minimum atomic E-state index is -0.742. The van der Waals surface area contributed by atoms with Gasteiger partial charge in [-0.1, -0.05) is 0 Å². The van der Waals surface area contributed by atoms with Crippen molar-refractivity contribution in [3.05, 3.63) is 34.5 Å². The zero-order valence-corrected chi connectivity index (χ0v) is 7.53. The van der Waals surface area contributed by atoms with Crippen LogP contribution in [0.15, 0.2) is 29.0 Å². The van der Waals surface area contributed by atoms with Crippen LogP contribution in [-0.2, 0) is 9.53 Å². The van der Waals surface area contributed by atoms with Gasteiger partial charge in [0.05, 0.1) is 0 Å². The van der Waals surface area contributed by atoms with Gasteiger partial charge in [-0.25, -0.2) is 4.79 Å². The van der Waals surface area contributed by atoms with Crippen molar-refractivity contribution < 1.29 is 14.6 Å². The predicted molar refractivity (Wildman–Crippen MR) is 48.3 cm³/mol. The minimum Gasteiger partial charge on any atom is -0.452 e. The van der Waals surface area contributed by atoms with Gasteiger partial charge in [-0.15, -0.1) is 0 Å². The highest BCUT2D eigenvalue weighted by Gasteiger charge is 2.25. The number of thiophene rings is 1. The van der Waals surface area contributed by atoms with Crippen molar-refractivity contribution in [3.63, 3.8) is 0 Å². The van der Waals surface area contributed by atoms with Gasteiger partial charge in [0, 0.05) is 6.08 Å². The van der Waals surface area contributed by atoms with Gasteiger partial charge < -0.3 is 9.84 Å². The summed E-state index contributed by atoms with van der Waals surface area (Å²) in [6, 6.07) is 1.81. The quantitative estimate of drug-likeness (QED) is 0.724. The Hall–Kier alpha value is -1.13. The topological polar surface area (TPSA) is 46.5 Å². The molecular formula is C9H8O3S. The number of rotatable bonds is 2. The number of esters is 1. The van der Waals surface area contributed by atoms with Gasteiger partial charge in [-0.05, 0) is 28.5 Å². The van der Waals surface area contributed by atoms with E-state index < -0.39 is 12.2 Å². The fourth-order valence-electron chi connectivity index (χ4n) is 1.19. The first-order chi connectivity index (χ1) is 6.27. The minimum absolute atomic E-state index is 0.390. The number of ether oxygens (including phenoxy) is 1. The van der Waals surface area contributed by atoms with Gasteiger partial charge in [0.1, 0.15) is 6.10 Å².